The summed E-state index contributed by atoms with van der Waals surface area (Å²) in [5, 5.41) is -0.208. The molecule has 14 heavy (non-hydrogen) atoms. The molecule has 0 heterocycles. The predicted molar refractivity (Wildman–Crippen MR) is 56.4 cm³/mol. The Morgan fingerprint density at radius 3 is 2.21 bits per heavy atom. The van der Waals surface area contributed by atoms with Crippen molar-refractivity contribution in [1.82, 2.24) is 0 Å². The number of carbonyl (C=O) groups is 1. The van der Waals surface area contributed by atoms with Gasteiger partial charge in [0.2, 0.25) is 5.91 Å². The van der Waals surface area contributed by atoms with E-state index in [2.05, 4.69) is 0 Å². The van der Waals surface area contributed by atoms with Crippen molar-refractivity contribution in [2.45, 2.75) is 19.2 Å². The van der Waals surface area contributed by atoms with Crippen LogP contribution in [0.3, 0.4) is 0 Å². The second-order valence-corrected chi connectivity index (χ2v) is 3.51. The fourth-order valence-electron chi connectivity index (χ4n) is 1.24. The number of hydrogen-bond donors (Lipinski definition) is 0. The molecule has 1 amide bonds. The Morgan fingerprint density at radius 1 is 1.36 bits per heavy atom. The molecule has 0 fully saturated rings. The van der Waals surface area contributed by atoms with Gasteiger partial charge in [-0.05, 0) is 12.1 Å². The zero-order valence-electron chi connectivity index (χ0n) is 8.73. The molecule has 1 aromatic rings. The van der Waals surface area contributed by atoms with Crippen molar-refractivity contribution in [3.8, 4) is 0 Å². The van der Waals surface area contributed by atoms with Gasteiger partial charge in [0.25, 0.3) is 0 Å². The van der Waals surface area contributed by atoms with E-state index in [4.69, 9.17) is 12.6 Å². The third-order valence-electron chi connectivity index (χ3n) is 1.74. The molecule has 0 radical (unpaired) electrons. The first-order chi connectivity index (χ1) is 6.13. The maximum absolute atomic E-state index is 11.2. The number of benzene rings is 1. The van der Waals surface area contributed by atoms with Gasteiger partial charge in [0.1, 0.15) is 0 Å². The molecule has 2 nitrogen and oxygen atoms in total. The standard InChI is InChI=1S/C10H13NOS.Na/c1-8(12)11(9(2)13)10-6-4-3-5-7-10;/h3-7,9,13H,1-2H3;/q;+1/p-1. The first kappa shape index (κ1) is 14.0. The molecule has 1 atom stereocenters. The van der Waals surface area contributed by atoms with Crippen molar-refractivity contribution in [3.63, 3.8) is 0 Å². The molecule has 0 saturated carbocycles. The minimum atomic E-state index is -0.208. The molecular formula is C10H12NNaOS. The maximum atomic E-state index is 11.2. The van der Waals surface area contributed by atoms with E-state index in [1.807, 2.05) is 37.3 Å². The predicted octanol–water partition coefficient (Wildman–Crippen LogP) is -1.06. The van der Waals surface area contributed by atoms with Gasteiger partial charge in [0, 0.05) is 12.6 Å². The third kappa shape index (κ3) is 3.65. The summed E-state index contributed by atoms with van der Waals surface area (Å²) in [5.41, 5.74) is 0.859. The number of rotatable bonds is 2. The first-order valence-electron chi connectivity index (χ1n) is 4.13. The van der Waals surface area contributed by atoms with Crippen LogP contribution in [0.5, 0.6) is 0 Å². The molecule has 0 aliphatic rings. The van der Waals surface area contributed by atoms with Crippen molar-refractivity contribution in [2.75, 3.05) is 4.90 Å². The molecule has 1 aromatic carbocycles. The van der Waals surface area contributed by atoms with Crippen LogP contribution in [0, 0.1) is 0 Å². The van der Waals surface area contributed by atoms with Gasteiger partial charge >= 0.3 is 29.6 Å². The van der Waals surface area contributed by atoms with Crippen LogP contribution in [0.2, 0.25) is 0 Å². The average Bonchev–Trinajstić information content (AvgIpc) is 2.04. The Morgan fingerprint density at radius 2 is 1.86 bits per heavy atom. The van der Waals surface area contributed by atoms with Crippen LogP contribution < -0.4 is 34.5 Å². The molecule has 0 aliphatic carbocycles. The molecule has 1 rings (SSSR count). The summed E-state index contributed by atoms with van der Waals surface area (Å²) in [6, 6.07) is 9.45. The summed E-state index contributed by atoms with van der Waals surface area (Å²) in [5.74, 6) is -0.0197. The maximum Gasteiger partial charge on any atom is 1.00 e. The zero-order valence-corrected chi connectivity index (χ0v) is 11.5. The molecule has 1 unspecified atom stereocenters. The van der Waals surface area contributed by atoms with Gasteiger partial charge in [0.15, 0.2) is 0 Å². The van der Waals surface area contributed by atoms with Crippen molar-refractivity contribution in [2.24, 2.45) is 0 Å². The smallest absolute Gasteiger partial charge is 0.768 e. The molecular weight excluding hydrogens is 205 g/mol. The molecule has 0 saturated heterocycles. The summed E-state index contributed by atoms with van der Waals surface area (Å²) in [4.78, 5) is 12.8. The summed E-state index contributed by atoms with van der Waals surface area (Å²) >= 11 is 5.06. The molecule has 0 bridgehead atoms. The normalized spacial score (nSPS) is 11.4. The van der Waals surface area contributed by atoms with Crippen LogP contribution in [0.25, 0.3) is 0 Å². The van der Waals surface area contributed by atoms with Crippen LogP contribution in [-0.2, 0) is 17.4 Å². The fraction of sp³-hybridized carbons (Fsp3) is 0.300. The number of para-hydroxylation sites is 1. The quantitative estimate of drug-likeness (QED) is 0.465. The summed E-state index contributed by atoms with van der Waals surface area (Å²) in [6.07, 6.45) is 0. The van der Waals surface area contributed by atoms with Crippen molar-refractivity contribution >= 4 is 24.2 Å². The van der Waals surface area contributed by atoms with E-state index in [0.717, 1.165) is 5.69 Å². The van der Waals surface area contributed by atoms with E-state index in [0.29, 0.717) is 0 Å². The monoisotopic (exact) mass is 217 g/mol. The van der Waals surface area contributed by atoms with Gasteiger partial charge < -0.3 is 17.5 Å². The molecule has 4 heteroatoms. The van der Waals surface area contributed by atoms with E-state index in [1.54, 1.807) is 4.90 Å². The summed E-state index contributed by atoms with van der Waals surface area (Å²) in [6.45, 7) is 3.35. The van der Waals surface area contributed by atoms with Crippen molar-refractivity contribution in [1.29, 1.82) is 0 Å². The van der Waals surface area contributed by atoms with E-state index < -0.39 is 0 Å². The van der Waals surface area contributed by atoms with E-state index in [9.17, 15) is 4.79 Å². The number of nitrogens with zero attached hydrogens (tertiary/aromatic N) is 1. The number of amides is 1. The topological polar surface area (TPSA) is 20.3 Å². The minimum absolute atomic E-state index is 0. The van der Waals surface area contributed by atoms with Gasteiger partial charge in [-0.25, -0.2) is 0 Å². The molecule has 0 aliphatic heterocycles. The summed E-state index contributed by atoms with van der Waals surface area (Å²) < 4.78 is 0. The second-order valence-electron chi connectivity index (χ2n) is 2.82. The number of hydrogen-bond acceptors (Lipinski definition) is 2. The Balaban J connectivity index is 0.00000169. The third-order valence-corrected chi connectivity index (χ3v) is 1.95. The fourth-order valence-corrected chi connectivity index (χ4v) is 1.51. The Bertz CT molecular complexity index is 289. The van der Waals surface area contributed by atoms with Gasteiger partial charge in [-0.15, -0.1) is 0 Å². The first-order valence-corrected chi connectivity index (χ1v) is 4.60. The van der Waals surface area contributed by atoms with Crippen LogP contribution in [0.1, 0.15) is 13.8 Å². The molecule has 0 aromatic heterocycles. The van der Waals surface area contributed by atoms with Gasteiger partial charge in [-0.3, -0.25) is 4.79 Å². The second kappa shape index (κ2) is 6.51. The van der Waals surface area contributed by atoms with Crippen LogP contribution in [-0.4, -0.2) is 11.3 Å². The molecule has 70 valence electrons. The van der Waals surface area contributed by atoms with Crippen LogP contribution in [0.15, 0.2) is 30.3 Å². The number of anilines is 1. The van der Waals surface area contributed by atoms with Crippen molar-refractivity contribution < 1.29 is 34.4 Å². The summed E-state index contributed by atoms with van der Waals surface area (Å²) in [7, 11) is 0. The van der Waals surface area contributed by atoms with Crippen LogP contribution >= 0.6 is 0 Å². The minimum Gasteiger partial charge on any atom is -0.768 e. The average molecular weight is 217 g/mol. The van der Waals surface area contributed by atoms with Gasteiger partial charge in [-0.1, -0.05) is 30.5 Å². The van der Waals surface area contributed by atoms with Crippen LogP contribution in [0.4, 0.5) is 5.69 Å². The van der Waals surface area contributed by atoms with Gasteiger partial charge in [-0.2, -0.15) is 0 Å². The zero-order chi connectivity index (χ0) is 9.84. The van der Waals surface area contributed by atoms with E-state index >= 15 is 0 Å². The molecule has 0 N–H and O–H groups in total. The van der Waals surface area contributed by atoms with Crippen molar-refractivity contribution in [3.05, 3.63) is 30.3 Å². The van der Waals surface area contributed by atoms with E-state index in [-0.39, 0.29) is 40.8 Å². The Hall–Kier alpha value is 0.0400. The Labute approximate surface area is 112 Å². The van der Waals surface area contributed by atoms with Gasteiger partial charge in [0.05, 0.1) is 0 Å². The Kier molecular flexibility index (Phi) is 6.53. The SMILES string of the molecule is CC(=O)N(c1ccccc1)C(C)[S-].[Na+]. The molecule has 0 spiro atoms. The van der Waals surface area contributed by atoms with E-state index in [1.165, 1.54) is 6.92 Å². The number of carbonyl (C=O) groups excluding carboxylic acids is 1. The largest absolute Gasteiger partial charge is 1.00 e.